The predicted molar refractivity (Wildman–Crippen MR) is 195 cm³/mol. The average Bonchev–Trinajstić information content (AvgIpc) is 3.82. The minimum absolute atomic E-state index is 0.0755. The van der Waals surface area contributed by atoms with Crippen LogP contribution in [0.2, 0.25) is 0 Å². The number of piperidine rings is 1. The Labute approximate surface area is 293 Å². The van der Waals surface area contributed by atoms with Gasteiger partial charge in [0.15, 0.2) is 5.76 Å². The first-order valence-electron chi connectivity index (χ1n) is 20.9. The minimum atomic E-state index is -0.776. The molecular formula is C43H69NO4. The summed E-state index contributed by atoms with van der Waals surface area (Å²) < 4.78 is 12.8. The van der Waals surface area contributed by atoms with Gasteiger partial charge >= 0.3 is 5.97 Å². The molecule has 3 saturated carbocycles. The van der Waals surface area contributed by atoms with E-state index in [9.17, 15) is 9.90 Å². The van der Waals surface area contributed by atoms with Gasteiger partial charge in [-0.15, -0.1) is 0 Å². The largest absolute Gasteiger partial charge is 0.485 e. The van der Waals surface area contributed by atoms with Crippen molar-refractivity contribution < 1.29 is 19.4 Å². The van der Waals surface area contributed by atoms with Crippen LogP contribution >= 0.6 is 0 Å². The molecule has 2 aliphatic heterocycles. The Hall–Kier alpha value is -1.59. The first-order valence-corrected chi connectivity index (χ1v) is 20.9. The van der Waals surface area contributed by atoms with E-state index < -0.39 is 5.60 Å². The third-order valence-corrected chi connectivity index (χ3v) is 13.4. The van der Waals surface area contributed by atoms with Crippen LogP contribution in [-0.2, 0) is 14.3 Å². The van der Waals surface area contributed by atoms with Crippen LogP contribution in [0.25, 0.3) is 0 Å². The van der Waals surface area contributed by atoms with E-state index in [-0.39, 0.29) is 29.4 Å². The third kappa shape index (κ3) is 7.98. The second-order valence-corrected chi connectivity index (χ2v) is 16.9. The molecule has 270 valence electrons. The number of unbranched alkanes of at least 4 members (excludes halogenated alkanes) is 18. The zero-order chi connectivity index (χ0) is 33.4. The first kappa shape index (κ1) is 36.2. The van der Waals surface area contributed by atoms with Gasteiger partial charge in [-0.05, 0) is 75.0 Å². The molecule has 4 aliphatic carbocycles. The van der Waals surface area contributed by atoms with Crippen molar-refractivity contribution in [3.8, 4) is 0 Å². The Morgan fingerprint density at radius 3 is 2.06 bits per heavy atom. The summed E-state index contributed by atoms with van der Waals surface area (Å²) in [5.74, 6) is 2.47. The smallest absolute Gasteiger partial charge is 0.311 e. The zero-order valence-electron chi connectivity index (χ0n) is 30.7. The SMILES string of the molecule is C=C1CC[C@@]2(O)C3CC4C=CC(OC(=O)CCCCCCCCCCCCCCCCCCCCC)=C5O[C@@H]1[C@]2(CCN3CC1CC1)C54. The van der Waals surface area contributed by atoms with Gasteiger partial charge in [-0.25, -0.2) is 0 Å². The molecule has 6 aliphatic rings. The van der Waals surface area contributed by atoms with E-state index >= 15 is 0 Å². The summed E-state index contributed by atoms with van der Waals surface area (Å²) in [5.41, 5.74) is -0.0286. The van der Waals surface area contributed by atoms with Crippen molar-refractivity contribution in [3.63, 3.8) is 0 Å². The summed E-state index contributed by atoms with van der Waals surface area (Å²) in [6.07, 6.45) is 36.3. The fourth-order valence-corrected chi connectivity index (χ4v) is 10.6. The van der Waals surface area contributed by atoms with Gasteiger partial charge in [0, 0.05) is 24.9 Å². The molecule has 5 fully saturated rings. The van der Waals surface area contributed by atoms with Gasteiger partial charge in [0.2, 0.25) is 0 Å². The third-order valence-electron chi connectivity index (χ3n) is 13.4. The number of likely N-dealkylation sites (tertiary alicyclic amines) is 1. The molecule has 2 saturated heterocycles. The molecule has 0 aromatic carbocycles. The molecule has 0 aromatic heterocycles. The highest BCUT2D eigenvalue weighted by Crippen LogP contribution is 2.70. The van der Waals surface area contributed by atoms with Crippen LogP contribution in [-0.4, -0.2) is 46.8 Å². The highest BCUT2D eigenvalue weighted by atomic mass is 16.6. The van der Waals surface area contributed by atoms with E-state index in [1.165, 1.54) is 122 Å². The topological polar surface area (TPSA) is 59.0 Å². The standard InChI is InChI=1S/C43H69NO4/c1-3-4-5-6-7-8-9-10-11-12-13-14-15-16-17-18-19-20-21-22-38(45)47-36-26-25-35-31-37-43(46)28-27-33(2)41-42(43,39(35)40(36)48-41)29-30-44(37)32-34-23-24-34/h25-26,34-35,37,39,41,46H,2-24,27-32H2,1H3/t35?,37?,39?,41-,42-,43+/m0/s1. The number of carbonyl (C=O) groups is 1. The van der Waals surface area contributed by atoms with Crippen molar-refractivity contribution in [2.45, 2.75) is 192 Å². The average molecular weight is 664 g/mol. The summed E-state index contributed by atoms with van der Waals surface area (Å²) in [6, 6.07) is 0.176. The Balaban J connectivity index is 0.859. The summed E-state index contributed by atoms with van der Waals surface area (Å²) in [6.45, 7) is 8.88. The molecule has 6 atom stereocenters. The molecule has 5 heteroatoms. The Morgan fingerprint density at radius 2 is 1.48 bits per heavy atom. The Morgan fingerprint density at radius 1 is 0.896 bits per heavy atom. The molecule has 3 unspecified atom stereocenters. The van der Waals surface area contributed by atoms with Gasteiger partial charge in [-0.1, -0.05) is 135 Å². The fraction of sp³-hybridized carbons (Fsp3) is 0.837. The van der Waals surface area contributed by atoms with Crippen LogP contribution < -0.4 is 0 Å². The fourth-order valence-electron chi connectivity index (χ4n) is 10.6. The van der Waals surface area contributed by atoms with Crippen LogP contribution in [0.15, 0.2) is 35.8 Å². The molecule has 5 nitrogen and oxygen atoms in total. The van der Waals surface area contributed by atoms with Crippen molar-refractivity contribution in [2.24, 2.45) is 23.2 Å². The molecule has 0 radical (unpaired) electrons. The second kappa shape index (κ2) is 17.1. The van der Waals surface area contributed by atoms with Gasteiger partial charge in [0.05, 0.1) is 11.0 Å². The summed E-state index contributed by atoms with van der Waals surface area (Å²) in [5, 5.41) is 12.6. The molecular weight excluding hydrogens is 594 g/mol. The van der Waals surface area contributed by atoms with Crippen molar-refractivity contribution in [3.05, 3.63) is 35.8 Å². The number of hydrogen-bond acceptors (Lipinski definition) is 5. The molecule has 0 aromatic rings. The molecule has 2 bridgehead atoms. The summed E-state index contributed by atoms with van der Waals surface area (Å²) in [7, 11) is 0. The van der Waals surface area contributed by atoms with Crippen LogP contribution in [0.4, 0.5) is 0 Å². The molecule has 0 amide bonds. The highest BCUT2D eigenvalue weighted by Gasteiger charge is 2.76. The van der Waals surface area contributed by atoms with Crippen LogP contribution in [0.5, 0.6) is 0 Å². The number of esters is 1. The molecule has 2 heterocycles. The van der Waals surface area contributed by atoms with Gasteiger partial charge in [-0.2, -0.15) is 0 Å². The number of nitrogens with zero attached hydrogens (tertiary/aromatic N) is 1. The van der Waals surface area contributed by atoms with E-state index in [0.29, 0.717) is 18.1 Å². The maximum absolute atomic E-state index is 13.0. The van der Waals surface area contributed by atoms with Gasteiger partial charge < -0.3 is 14.6 Å². The van der Waals surface area contributed by atoms with E-state index in [2.05, 4.69) is 24.5 Å². The lowest BCUT2D eigenvalue weighted by molar-refractivity contribution is -0.240. The van der Waals surface area contributed by atoms with Crippen LogP contribution in [0.1, 0.15) is 174 Å². The maximum atomic E-state index is 13.0. The zero-order valence-corrected chi connectivity index (χ0v) is 30.7. The summed E-state index contributed by atoms with van der Waals surface area (Å²) in [4.78, 5) is 15.6. The highest BCUT2D eigenvalue weighted by molar-refractivity contribution is 5.71. The van der Waals surface area contributed by atoms with E-state index in [1.807, 2.05) is 6.08 Å². The number of rotatable bonds is 23. The summed E-state index contributed by atoms with van der Waals surface area (Å²) >= 11 is 0. The number of carbonyl (C=O) groups excluding carboxylic acids is 1. The lowest BCUT2D eigenvalue weighted by atomic mass is 9.44. The number of aliphatic hydroxyl groups is 1. The number of ether oxygens (including phenoxy) is 2. The van der Waals surface area contributed by atoms with Gasteiger partial charge in [0.25, 0.3) is 0 Å². The predicted octanol–water partition coefficient (Wildman–Crippen LogP) is 10.7. The van der Waals surface area contributed by atoms with Gasteiger partial charge in [-0.3, -0.25) is 9.69 Å². The van der Waals surface area contributed by atoms with Crippen LogP contribution in [0.3, 0.4) is 0 Å². The monoisotopic (exact) mass is 664 g/mol. The maximum Gasteiger partial charge on any atom is 0.311 e. The minimum Gasteiger partial charge on any atom is -0.485 e. The lowest BCUT2D eigenvalue weighted by Crippen LogP contribution is -2.75. The first-order chi connectivity index (χ1) is 23.5. The van der Waals surface area contributed by atoms with Crippen molar-refractivity contribution >= 4 is 5.97 Å². The van der Waals surface area contributed by atoms with Crippen molar-refractivity contribution in [2.75, 3.05) is 13.1 Å². The normalized spacial score (nSPS) is 32.0. The van der Waals surface area contributed by atoms with Crippen molar-refractivity contribution in [1.82, 2.24) is 4.90 Å². The molecule has 1 N–H and O–H groups in total. The second-order valence-electron chi connectivity index (χ2n) is 16.9. The van der Waals surface area contributed by atoms with Crippen LogP contribution in [0, 0.1) is 23.2 Å². The Kier molecular flexibility index (Phi) is 12.9. The van der Waals surface area contributed by atoms with Gasteiger partial charge in [0.1, 0.15) is 11.9 Å². The van der Waals surface area contributed by atoms with E-state index in [4.69, 9.17) is 9.47 Å². The quantitative estimate of drug-likeness (QED) is 0.0670. The van der Waals surface area contributed by atoms with E-state index in [0.717, 1.165) is 68.9 Å². The molecule has 1 spiro atoms. The molecule has 6 rings (SSSR count). The van der Waals surface area contributed by atoms with E-state index in [1.54, 1.807) is 0 Å². The number of allylic oxidation sites excluding steroid dienone is 3. The Bertz CT molecular complexity index is 1140. The molecule has 48 heavy (non-hydrogen) atoms. The lowest BCUT2D eigenvalue weighted by Gasteiger charge is -2.66. The van der Waals surface area contributed by atoms with Crippen molar-refractivity contribution in [1.29, 1.82) is 0 Å². The number of hydrogen-bond donors (Lipinski definition) is 1.